The van der Waals surface area contributed by atoms with E-state index in [9.17, 15) is 9.59 Å². The highest BCUT2D eigenvalue weighted by Gasteiger charge is 2.20. The number of urea groups is 1. The summed E-state index contributed by atoms with van der Waals surface area (Å²) in [6, 6.07) is 18.4. The number of pyridine rings is 1. The molecular weight excluding hydrogens is 328 g/mol. The van der Waals surface area contributed by atoms with Gasteiger partial charge in [-0.2, -0.15) is 0 Å². The largest absolute Gasteiger partial charge is 0.338 e. The Hall–Kier alpha value is -3.41. The molecule has 0 radical (unpaired) electrons. The zero-order valence-corrected chi connectivity index (χ0v) is 14.1. The van der Waals surface area contributed by atoms with Crippen molar-refractivity contribution in [3.05, 3.63) is 66.2 Å². The minimum absolute atomic E-state index is 0.134. The summed E-state index contributed by atoms with van der Waals surface area (Å²) in [5, 5.41) is 6.65. The molecule has 3 aromatic rings. The molecule has 0 bridgehead atoms. The van der Waals surface area contributed by atoms with Crippen molar-refractivity contribution in [3.8, 4) is 0 Å². The Morgan fingerprint density at radius 1 is 1.08 bits per heavy atom. The highest BCUT2D eigenvalue weighted by Crippen LogP contribution is 2.20. The molecule has 2 aromatic carbocycles. The third kappa shape index (κ3) is 3.21. The lowest BCUT2D eigenvalue weighted by Gasteiger charge is -2.27. The lowest BCUT2D eigenvalue weighted by Crippen LogP contribution is -2.46. The number of nitrogens with zero attached hydrogens (tertiary/aromatic N) is 2. The number of aromatic nitrogens is 1. The van der Waals surface area contributed by atoms with E-state index in [1.54, 1.807) is 29.2 Å². The second-order valence-corrected chi connectivity index (χ2v) is 6.13. The molecule has 2 heterocycles. The van der Waals surface area contributed by atoms with Gasteiger partial charge in [0.15, 0.2) is 0 Å². The van der Waals surface area contributed by atoms with Crippen LogP contribution in [0.3, 0.4) is 0 Å². The molecule has 6 heteroatoms. The van der Waals surface area contributed by atoms with Gasteiger partial charge in [-0.05, 0) is 42.8 Å². The zero-order valence-electron chi connectivity index (χ0n) is 14.1. The van der Waals surface area contributed by atoms with E-state index in [1.165, 1.54) is 0 Å². The maximum atomic E-state index is 12.6. The van der Waals surface area contributed by atoms with Crippen LogP contribution in [0.2, 0.25) is 0 Å². The fourth-order valence-corrected chi connectivity index (χ4v) is 3.02. The molecule has 4 rings (SSSR count). The monoisotopic (exact) mass is 346 g/mol. The van der Waals surface area contributed by atoms with E-state index < -0.39 is 0 Å². The molecule has 0 aliphatic carbocycles. The Balaban J connectivity index is 1.55. The number of rotatable bonds is 3. The predicted octanol–water partition coefficient (Wildman–Crippen LogP) is 3.41. The Bertz CT molecular complexity index is 986. The Kier molecular flexibility index (Phi) is 4.23. The maximum Gasteiger partial charge on any atom is 0.321 e. The number of benzene rings is 2. The van der Waals surface area contributed by atoms with Crippen LogP contribution in [0.5, 0.6) is 0 Å². The van der Waals surface area contributed by atoms with Gasteiger partial charge in [-0.1, -0.05) is 24.3 Å². The van der Waals surface area contributed by atoms with Gasteiger partial charge < -0.3 is 10.6 Å². The maximum absolute atomic E-state index is 12.6. The Morgan fingerprint density at radius 2 is 1.96 bits per heavy atom. The van der Waals surface area contributed by atoms with E-state index >= 15 is 0 Å². The number of carbonyl (C=O) groups is 2. The molecule has 3 amide bonds. The summed E-state index contributed by atoms with van der Waals surface area (Å²) < 4.78 is 0. The summed E-state index contributed by atoms with van der Waals surface area (Å²) in [5.74, 6) is 0.238. The molecule has 0 saturated carbocycles. The van der Waals surface area contributed by atoms with Crippen LogP contribution >= 0.6 is 0 Å². The van der Waals surface area contributed by atoms with Crippen LogP contribution in [-0.2, 0) is 0 Å². The zero-order chi connectivity index (χ0) is 17.9. The van der Waals surface area contributed by atoms with Crippen LogP contribution < -0.4 is 15.5 Å². The molecule has 6 nitrogen and oxygen atoms in total. The van der Waals surface area contributed by atoms with Crippen LogP contribution in [0, 0.1) is 0 Å². The highest BCUT2D eigenvalue weighted by molar-refractivity contribution is 6.05. The smallest absolute Gasteiger partial charge is 0.321 e. The van der Waals surface area contributed by atoms with Gasteiger partial charge in [-0.15, -0.1) is 0 Å². The number of hydrogen-bond donors (Lipinski definition) is 2. The minimum atomic E-state index is -0.257. The van der Waals surface area contributed by atoms with Gasteiger partial charge in [0.25, 0.3) is 5.91 Å². The Labute approximate surface area is 150 Å². The first-order valence-electron chi connectivity index (χ1n) is 8.53. The summed E-state index contributed by atoms with van der Waals surface area (Å²) in [4.78, 5) is 30.7. The van der Waals surface area contributed by atoms with Crippen molar-refractivity contribution in [2.75, 3.05) is 23.3 Å². The molecule has 0 unspecified atom stereocenters. The van der Waals surface area contributed by atoms with Crippen molar-refractivity contribution in [1.29, 1.82) is 0 Å². The molecule has 0 atom stereocenters. The van der Waals surface area contributed by atoms with Crippen LogP contribution in [0.25, 0.3) is 10.9 Å². The molecular formula is C20H18N4O2. The number of hydrogen-bond acceptors (Lipinski definition) is 3. The second-order valence-electron chi connectivity index (χ2n) is 6.13. The molecule has 1 fully saturated rings. The number of carbonyl (C=O) groups excluding carboxylic acids is 2. The normalized spacial score (nSPS) is 14.2. The van der Waals surface area contributed by atoms with Gasteiger partial charge >= 0.3 is 6.03 Å². The fourth-order valence-electron chi connectivity index (χ4n) is 3.02. The topological polar surface area (TPSA) is 74.3 Å². The highest BCUT2D eigenvalue weighted by atomic mass is 16.2. The van der Waals surface area contributed by atoms with E-state index in [-0.39, 0.29) is 11.9 Å². The number of nitrogens with one attached hydrogen (secondary N) is 2. The van der Waals surface area contributed by atoms with Gasteiger partial charge in [0.1, 0.15) is 5.82 Å². The number of amides is 3. The number of fused-ring (bicyclic) bond motifs is 1. The van der Waals surface area contributed by atoms with Crippen LogP contribution in [-0.4, -0.2) is 30.0 Å². The van der Waals surface area contributed by atoms with Crippen molar-refractivity contribution in [3.63, 3.8) is 0 Å². The van der Waals surface area contributed by atoms with E-state index in [1.807, 2.05) is 36.4 Å². The van der Waals surface area contributed by atoms with Crippen molar-refractivity contribution >= 4 is 34.3 Å². The Morgan fingerprint density at radius 3 is 2.85 bits per heavy atom. The van der Waals surface area contributed by atoms with Crippen LogP contribution in [0.4, 0.5) is 16.3 Å². The van der Waals surface area contributed by atoms with Crippen molar-refractivity contribution < 1.29 is 9.59 Å². The first-order chi connectivity index (χ1) is 12.7. The molecule has 0 spiro atoms. The molecule has 130 valence electrons. The number of para-hydroxylation sites is 1. The van der Waals surface area contributed by atoms with Gasteiger partial charge in [-0.25, -0.2) is 9.78 Å². The fraction of sp³-hybridized carbons (Fsp3) is 0.150. The van der Waals surface area contributed by atoms with Gasteiger partial charge in [-0.3, -0.25) is 9.69 Å². The summed E-state index contributed by atoms with van der Waals surface area (Å²) in [6.07, 6.45) is 0.878. The summed E-state index contributed by atoms with van der Waals surface area (Å²) in [6.45, 7) is 1.33. The average Bonchev–Trinajstić information content (AvgIpc) is 2.68. The predicted molar refractivity (Wildman–Crippen MR) is 101 cm³/mol. The third-order valence-electron chi connectivity index (χ3n) is 4.34. The van der Waals surface area contributed by atoms with Gasteiger partial charge in [0, 0.05) is 29.7 Å². The number of anilines is 2. The van der Waals surface area contributed by atoms with Crippen molar-refractivity contribution in [2.24, 2.45) is 0 Å². The third-order valence-corrected chi connectivity index (χ3v) is 4.34. The molecule has 26 heavy (non-hydrogen) atoms. The van der Waals surface area contributed by atoms with E-state index in [2.05, 4.69) is 15.6 Å². The lowest BCUT2D eigenvalue weighted by atomic mass is 10.1. The van der Waals surface area contributed by atoms with Crippen LogP contribution in [0.15, 0.2) is 60.7 Å². The second kappa shape index (κ2) is 6.84. The standard InChI is InChI=1S/C20H18N4O2/c25-19(23-18-10-9-14-5-1-2-8-17(14)22-18)15-6-3-7-16(13-15)24-12-4-11-21-20(24)26/h1-3,5-10,13H,4,11-12H2,(H,21,26)(H,22,23,25). The SMILES string of the molecule is O=C(Nc1ccc2ccccc2n1)c1cccc(N2CCCNC2=O)c1. The summed E-state index contributed by atoms with van der Waals surface area (Å²) in [7, 11) is 0. The van der Waals surface area contributed by atoms with Gasteiger partial charge in [0.05, 0.1) is 5.52 Å². The van der Waals surface area contributed by atoms with E-state index in [0.717, 1.165) is 17.3 Å². The first kappa shape index (κ1) is 16.1. The molecule has 1 saturated heterocycles. The van der Waals surface area contributed by atoms with E-state index in [0.29, 0.717) is 30.2 Å². The minimum Gasteiger partial charge on any atom is -0.338 e. The van der Waals surface area contributed by atoms with Crippen LogP contribution in [0.1, 0.15) is 16.8 Å². The molecule has 1 aliphatic heterocycles. The first-order valence-corrected chi connectivity index (χ1v) is 8.53. The molecule has 2 N–H and O–H groups in total. The van der Waals surface area contributed by atoms with Crippen molar-refractivity contribution in [1.82, 2.24) is 10.3 Å². The summed E-state index contributed by atoms with van der Waals surface area (Å²) in [5.41, 5.74) is 2.01. The molecule has 1 aromatic heterocycles. The van der Waals surface area contributed by atoms with Crippen molar-refractivity contribution in [2.45, 2.75) is 6.42 Å². The quantitative estimate of drug-likeness (QED) is 0.763. The molecule has 1 aliphatic rings. The van der Waals surface area contributed by atoms with E-state index in [4.69, 9.17) is 0 Å². The average molecular weight is 346 g/mol. The van der Waals surface area contributed by atoms with Gasteiger partial charge in [0.2, 0.25) is 0 Å². The lowest BCUT2D eigenvalue weighted by molar-refractivity contribution is 0.102. The summed E-state index contributed by atoms with van der Waals surface area (Å²) >= 11 is 0.